The van der Waals surface area contributed by atoms with Gasteiger partial charge in [0, 0.05) is 6.42 Å². The number of hydrogen-bond acceptors (Lipinski definition) is 8. The van der Waals surface area contributed by atoms with E-state index in [0.717, 1.165) is 10.4 Å². The number of anilines is 1. The molecule has 3 heterocycles. The number of nitrogens with one attached hydrogen (secondary N) is 1. The number of hydrogen-bond donors (Lipinski definition) is 2. The van der Waals surface area contributed by atoms with Crippen molar-refractivity contribution >= 4 is 41.8 Å². The summed E-state index contributed by atoms with van der Waals surface area (Å²) in [4.78, 5) is 24.9. The van der Waals surface area contributed by atoms with E-state index in [9.17, 15) is 9.90 Å². The predicted octanol–water partition coefficient (Wildman–Crippen LogP) is 3.79. The van der Waals surface area contributed by atoms with Gasteiger partial charge in [0.05, 0.1) is 19.0 Å². The zero-order chi connectivity index (χ0) is 29.0. The van der Waals surface area contributed by atoms with E-state index in [-0.39, 0.29) is 24.1 Å². The molecule has 4 aromatic rings. The van der Waals surface area contributed by atoms with Crippen LogP contribution >= 0.6 is 0 Å². The highest BCUT2D eigenvalue weighted by Crippen LogP contribution is 2.38. The van der Waals surface area contributed by atoms with E-state index in [1.165, 1.54) is 12.4 Å². The third-order valence-corrected chi connectivity index (χ3v) is 12.3. The van der Waals surface area contributed by atoms with Crippen LogP contribution in [-0.4, -0.2) is 64.5 Å². The molecule has 1 aliphatic rings. The summed E-state index contributed by atoms with van der Waals surface area (Å²) in [7, 11) is -2.80. The second-order valence-corrected chi connectivity index (χ2v) is 15.3. The molecule has 0 aliphatic carbocycles. The van der Waals surface area contributed by atoms with Crippen molar-refractivity contribution in [1.29, 1.82) is 0 Å². The van der Waals surface area contributed by atoms with E-state index in [0.29, 0.717) is 17.6 Å². The number of nitrogens with zero attached hydrogens (tertiary/aromatic N) is 4. The largest absolute Gasteiger partial charge is 0.445 e. The average molecular weight is 574 g/mol. The minimum absolute atomic E-state index is 0.0691. The van der Waals surface area contributed by atoms with Gasteiger partial charge in [-0.05, 0) is 15.4 Å². The number of carbonyl (C=O) groups is 1. The van der Waals surface area contributed by atoms with Crippen LogP contribution in [0, 0.1) is 0 Å². The predicted molar refractivity (Wildman–Crippen MR) is 159 cm³/mol. The first-order valence-electron chi connectivity index (χ1n) is 13.6. The van der Waals surface area contributed by atoms with Crippen LogP contribution in [0.2, 0.25) is 5.04 Å². The molecule has 0 spiro atoms. The first kappa shape index (κ1) is 28.6. The Balaban J connectivity index is 1.39. The molecular weight excluding hydrogens is 538 g/mol. The van der Waals surface area contributed by atoms with Crippen LogP contribution in [0.5, 0.6) is 0 Å². The van der Waals surface area contributed by atoms with Gasteiger partial charge < -0.3 is 19.0 Å². The number of ether oxygens (including phenoxy) is 2. The Morgan fingerprint density at radius 1 is 1.12 bits per heavy atom. The Kier molecular flexibility index (Phi) is 8.31. The molecule has 2 aromatic heterocycles. The highest BCUT2D eigenvalue weighted by atomic mass is 28.4. The number of aromatic nitrogens is 4. The fourth-order valence-corrected chi connectivity index (χ4v) is 10.00. The molecule has 2 aromatic carbocycles. The standard InChI is InChI=1S/C30H35N5O5Si/c1-5-16-38-29(37)34-27-26-28(32-19-31-27)35(20-33-26)25-17-23(36)24(40-25)18-39-41(30(2,3)4,21-12-8-6-9-13-21)22-14-10-7-11-15-22/h5-15,19-20,23-25,36H,1,16-18H2,2-4H3,(H,31,32,34,37)/t23-,24+,25+/m0/s1. The number of imidazole rings is 1. The van der Waals surface area contributed by atoms with E-state index in [4.69, 9.17) is 13.9 Å². The molecule has 11 heteroatoms. The number of rotatable bonds is 9. The van der Waals surface area contributed by atoms with Crippen molar-refractivity contribution in [3.63, 3.8) is 0 Å². The van der Waals surface area contributed by atoms with Gasteiger partial charge >= 0.3 is 6.09 Å². The van der Waals surface area contributed by atoms with Gasteiger partial charge in [-0.3, -0.25) is 9.88 Å². The first-order chi connectivity index (χ1) is 19.7. The molecule has 1 fully saturated rings. The van der Waals surface area contributed by atoms with E-state index in [1.807, 2.05) is 36.4 Å². The molecule has 214 valence electrons. The lowest BCUT2D eigenvalue weighted by Gasteiger charge is -2.43. The highest BCUT2D eigenvalue weighted by Gasteiger charge is 2.51. The average Bonchev–Trinajstić information content (AvgIpc) is 3.56. The SMILES string of the molecule is C=CCOC(=O)Nc1ncnc2c1ncn2[C@H]1C[C@H](O)[C@@H](CO[Si](c2ccccc2)(c2ccccc2)C(C)(C)C)O1. The summed E-state index contributed by atoms with van der Waals surface area (Å²) < 4.78 is 20.1. The van der Waals surface area contributed by atoms with Crippen molar-refractivity contribution < 1.29 is 23.8 Å². The van der Waals surface area contributed by atoms with Crippen molar-refractivity contribution in [2.75, 3.05) is 18.5 Å². The summed E-state index contributed by atoms with van der Waals surface area (Å²) in [5.41, 5.74) is 0.845. The maximum Gasteiger partial charge on any atom is 0.413 e. The molecule has 1 amide bonds. The van der Waals surface area contributed by atoms with E-state index in [2.05, 4.69) is 71.9 Å². The van der Waals surface area contributed by atoms with Crippen LogP contribution in [0.25, 0.3) is 11.2 Å². The van der Waals surface area contributed by atoms with Crippen molar-refractivity contribution in [3.8, 4) is 0 Å². The smallest absolute Gasteiger partial charge is 0.413 e. The van der Waals surface area contributed by atoms with Crippen molar-refractivity contribution in [1.82, 2.24) is 19.5 Å². The van der Waals surface area contributed by atoms with Crippen LogP contribution in [0.4, 0.5) is 10.6 Å². The monoisotopic (exact) mass is 573 g/mol. The first-order valence-corrected chi connectivity index (χ1v) is 15.5. The number of benzene rings is 2. The maximum absolute atomic E-state index is 12.0. The second-order valence-electron chi connectivity index (χ2n) is 11.0. The maximum atomic E-state index is 12.0. The normalized spacial score (nSPS) is 19.3. The lowest BCUT2D eigenvalue weighted by Crippen LogP contribution is -2.67. The highest BCUT2D eigenvalue weighted by molar-refractivity contribution is 6.99. The molecule has 5 rings (SSSR count). The molecule has 10 nitrogen and oxygen atoms in total. The van der Waals surface area contributed by atoms with Crippen LogP contribution in [0.15, 0.2) is 86.0 Å². The van der Waals surface area contributed by atoms with Crippen molar-refractivity contribution in [2.24, 2.45) is 0 Å². The molecule has 0 saturated carbocycles. The van der Waals surface area contributed by atoms with Gasteiger partial charge in [0.25, 0.3) is 8.32 Å². The molecule has 1 aliphatic heterocycles. The van der Waals surface area contributed by atoms with E-state index >= 15 is 0 Å². The third-order valence-electron chi connectivity index (χ3n) is 7.31. The molecular formula is C30H35N5O5Si. The Labute approximate surface area is 240 Å². The quantitative estimate of drug-likeness (QED) is 0.229. The lowest BCUT2D eigenvalue weighted by molar-refractivity contribution is -0.0398. The fraction of sp³-hybridized carbons (Fsp3) is 0.333. The number of aliphatic hydroxyl groups excluding tert-OH is 1. The summed E-state index contributed by atoms with van der Waals surface area (Å²) in [6.07, 6.45) is 2.18. The zero-order valence-corrected chi connectivity index (χ0v) is 24.4. The number of aliphatic hydroxyl groups is 1. The Morgan fingerprint density at radius 3 is 2.39 bits per heavy atom. The minimum atomic E-state index is -2.80. The second kappa shape index (κ2) is 11.9. The Bertz CT molecular complexity index is 1450. The van der Waals surface area contributed by atoms with Crippen LogP contribution < -0.4 is 15.7 Å². The topological polar surface area (TPSA) is 121 Å². The summed E-state index contributed by atoms with van der Waals surface area (Å²) in [6, 6.07) is 20.7. The molecule has 0 unspecified atom stereocenters. The van der Waals surface area contributed by atoms with Gasteiger partial charge in [-0.15, -0.1) is 0 Å². The molecule has 0 radical (unpaired) electrons. The van der Waals surface area contributed by atoms with Crippen LogP contribution in [0.3, 0.4) is 0 Å². The van der Waals surface area contributed by atoms with E-state index < -0.39 is 32.8 Å². The van der Waals surface area contributed by atoms with Crippen LogP contribution in [0.1, 0.15) is 33.4 Å². The summed E-state index contributed by atoms with van der Waals surface area (Å²) in [5.74, 6) is 0.216. The van der Waals surface area contributed by atoms with Gasteiger partial charge in [-0.25, -0.2) is 19.7 Å². The Morgan fingerprint density at radius 2 is 1.78 bits per heavy atom. The summed E-state index contributed by atoms with van der Waals surface area (Å²) in [5, 5.41) is 15.8. The lowest BCUT2D eigenvalue weighted by atomic mass is 10.2. The minimum Gasteiger partial charge on any atom is -0.445 e. The van der Waals surface area contributed by atoms with Crippen LogP contribution in [-0.2, 0) is 13.9 Å². The summed E-state index contributed by atoms with van der Waals surface area (Å²) >= 11 is 0. The van der Waals surface area contributed by atoms with Gasteiger partial charge in [-0.1, -0.05) is 94.1 Å². The van der Waals surface area contributed by atoms with Gasteiger partial charge in [0.15, 0.2) is 17.0 Å². The van der Waals surface area contributed by atoms with Crippen molar-refractivity contribution in [3.05, 3.63) is 86.0 Å². The third kappa shape index (κ3) is 5.66. The molecule has 2 N–H and O–H groups in total. The zero-order valence-electron chi connectivity index (χ0n) is 23.4. The van der Waals surface area contributed by atoms with Crippen molar-refractivity contribution in [2.45, 2.75) is 50.7 Å². The molecule has 0 bridgehead atoms. The molecule has 41 heavy (non-hydrogen) atoms. The van der Waals surface area contributed by atoms with Gasteiger partial charge in [0.2, 0.25) is 0 Å². The molecule has 3 atom stereocenters. The van der Waals surface area contributed by atoms with Gasteiger partial charge in [-0.2, -0.15) is 0 Å². The van der Waals surface area contributed by atoms with E-state index in [1.54, 1.807) is 10.9 Å². The number of carbonyl (C=O) groups excluding carboxylic acids is 1. The molecule has 1 saturated heterocycles. The Hall–Kier alpha value is -3.90. The number of amides is 1. The summed E-state index contributed by atoms with van der Waals surface area (Å²) in [6.45, 7) is 10.5. The number of fused-ring (bicyclic) bond motifs is 1. The van der Waals surface area contributed by atoms with Gasteiger partial charge in [0.1, 0.15) is 25.3 Å². The fourth-order valence-electron chi connectivity index (χ4n) is 5.43.